The van der Waals surface area contributed by atoms with Gasteiger partial charge < -0.3 is 19.3 Å². The van der Waals surface area contributed by atoms with Crippen LogP contribution in [0.3, 0.4) is 0 Å². The normalized spacial score (nSPS) is 14.3. The van der Waals surface area contributed by atoms with Crippen molar-refractivity contribution in [2.75, 3.05) is 13.7 Å². The molecule has 0 aliphatic heterocycles. The topological polar surface area (TPSA) is 77.9 Å². The molecule has 1 heterocycles. The molecule has 1 atom stereocenters. The number of aromatic nitrogens is 1. The fourth-order valence-electron chi connectivity index (χ4n) is 3.29. The quantitative estimate of drug-likeness (QED) is 0.504. The van der Waals surface area contributed by atoms with E-state index in [1.165, 1.54) is 13.2 Å². The lowest BCUT2D eigenvalue weighted by atomic mass is 9.95. The van der Waals surface area contributed by atoms with Crippen molar-refractivity contribution >= 4 is 22.9 Å². The van der Waals surface area contributed by atoms with Gasteiger partial charge in [-0.3, -0.25) is 9.78 Å². The number of hydrogen-bond acceptors (Lipinski definition) is 6. The van der Waals surface area contributed by atoms with Crippen LogP contribution in [0.1, 0.15) is 24.0 Å². The molecular formula is C24H19NO5. The molecule has 0 radical (unpaired) electrons. The number of aromatic hydroxyl groups is 1. The summed E-state index contributed by atoms with van der Waals surface area (Å²) in [5.41, 5.74) is 2.17. The number of phenols is 1. The van der Waals surface area contributed by atoms with E-state index < -0.39 is 5.92 Å². The number of hydrogen-bond donors (Lipinski definition) is 1. The zero-order chi connectivity index (χ0) is 21.1. The van der Waals surface area contributed by atoms with Gasteiger partial charge in [0.2, 0.25) is 0 Å². The van der Waals surface area contributed by atoms with Crippen molar-refractivity contribution in [3.8, 4) is 34.8 Å². The Morgan fingerprint density at radius 3 is 2.87 bits per heavy atom. The third-order valence-electron chi connectivity index (χ3n) is 4.70. The summed E-state index contributed by atoms with van der Waals surface area (Å²) in [6.07, 6.45) is 5.16. The molecule has 0 amide bonds. The second-order valence-electron chi connectivity index (χ2n) is 6.55. The van der Waals surface area contributed by atoms with E-state index in [-0.39, 0.29) is 11.7 Å². The SMILES string of the molecule is CCOC(=O)C1C#CC=Cc2cc(Oc3ccnc4cc(O)c(OC)cc34)ccc21. The molecule has 0 saturated heterocycles. The zero-order valence-corrected chi connectivity index (χ0v) is 16.5. The van der Waals surface area contributed by atoms with Crippen LogP contribution < -0.4 is 9.47 Å². The van der Waals surface area contributed by atoms with Crippen LogP contribution in [0.25, 0.3) is 17.0 Å². The van der Waals surface area contributed by atoms with Crippen LogP contribution in [-0.4, -0.2) is 29.8 Å². The number of fused-ring (bicyclic) bond motifs is 2. The van der Waals surface area contributed by atoms with Gasteiger partial charge >= 0.3 is 5.97 Å². The third kappa shape index (κ3) is 3.65. The summed E-state index contributed by atoms with van der Waals surface area (Å²) in [7, 11) is 1.48. The molecule has 30 heavy (non-hydrogen) atoms. The van der Waals surface area contributed by atoms with Crippen molar-refractivity contribution in [3.05, 3.63) is 59.8 Å². The first-order chi connectivity index (χ1) is 14.6. The van der Waals surface area contributed by atoms with Gasteiger partial charge in [-0.2, -0.15) is 0 Å². The average Bonchev–Trinajstić information content (AvgIpc) is 2.96. The van der Waals surface area contributed by atoms with E-state index in [9.17, 15) is 9.90 Å². The highest BCUT2D eigenvalue weighted by Gasteiger charge is 2.23. The Morgan fingerprint density at radius 1 is 1.20 bits per heavy atom. The van der Waals surface area contributed by atoms with E-state index in [0.717, 1.165) is 11.1 Å². The van der Waals surface area contributed by atoms with E-state index in [4.69, 9.17) is 14.2 Å². The number of methoxy groups -OCH3 is 1. The van der Waals surface area contributed by atoms with Gasteiger partial charge in [-0.25, -0.2) is 0 Å². The van der Waals surface area contributed by atoms with Crippen LogP contribution in [0.5, 0.6) is 23.0 Å². The Hall–Kier alpha value is -3.98. The summed E-state index contributed by atoms with van der Waals surface area (Å²) in [4.78, 5) is 16.6. The van der Waals surface area contributed by atoms with Crippen LogP contribution in [0.2, 0.25) is 0 Å². The molecule has 6 nitrogen and oxygen atoms in total. The number of carbonyl (C=O) groups excluding carboxylic acids is 1. The van der Waals surface area contributed by atoms with Gasteiger partial charge in [0.05, 0.1) is 19.2 Å². The maximum Gasteiger partial charge on any atom is 0.325 e. The number of carbonyl (C=O) groups is 1. The Balaban J connectivity index is 1.71. The highest BCUT2D eigenvalue weighted by molar-refractivity contribution is 5.88. The molecule has 0 bridgehead atoms. The maximum absolute atomic E-state index is 12.3. The van der Waals surface area contributed by atoms with Crippen molar-refractivity contribution < 1.29 is 24.1 Å². The predicted molar refractivity (Wildman–Crippen MR) is 113 cm³/mol. The van der Waals surface area contributed by atoms with Crippen molar-refractivity contribution in [3.63, 3.8) is 0 Å². The molecule has 1 unspecified atom stereocenters. The first kappa shape index (κ1) is 19.3. The summed E-state index contributed by atoms with van der Waals surface area (Å²) < 4.78 is 16.5. The minimum Gasteiger partial charge on any atom is -0.504 e. The first-order valence-corrected chi connectivity index (χ1v) is 9.42. The van der Waals surface area contributed by atoms with Gasteiger partial charge in [0.25, 0.3) is 0 Å². The van der Waals surface area contributed by atoms with Crippen LogP contribution in [-0.2, 0) is 9.53 Å². The molecule has 0 spiro atoms. The van der Waals surface area contributed by atoms with Gasteiger partial charge in [-0.1, -0.05) is 17.9 Å². The Labute approximate surface area is 173 Å². The van der Waals surface area contributed by atoms with Crippen LogP contribution in [0, 0.1) is 11.8 Å². The molecule has 0 saturated carbocycles. The summed E-state index contributed by atoms with van der Waals surface area (Å²) >= 11 is 0. The molecule has 0 fully saturated rings. The Bertz CT molecular complexity index is 1220. The Kier molecular flexibility index (Phi) is 5.27. The molecule has 150 valence electrons. The number of ether oxygens (including phenoxy) is 3. The molecule has 1 N–H and O–H groups in total. The summed E-state index contributed by atoms with van der Waals surface area (Å²) in [6, 6.07) is 10.4. The summed E-state index contributed by atoms with van der Waals surface area (Å²) in [5, 5.41) is 10.7. The summed E-state index contributed by atoms with van der Waals surface area (Å²) in [6.45, 7) is 2.07. The number of phenolic OH excluding ortho intramolecular Hbond substituents is 1. The standard InChI is InChI=1S/C24H19NO5/c1-3-29-24(27)18-7-5-4-6-15-12-16(8-9-17(15)18)30-22-10-11-25-20-14-21(26)23(28-2)13-19(20)22/h4,6,8-14,18,26H,3H2,1-2H3. The molecule has 1 aliphatic rings. The zero-order valence-electron chi connectivity index (χ0n) is 16.5. The monoisotopic (exact) mass is 401 g/mol. The molecule has 1 aliphatic carbocycles. The molecular weight excluding hydrogens is 382 g/mol. The van der Waals surface area contributed by atoms with Crippen molar-refractivity contribution in [2.24, 2.45) is 0 Å². The van der Waals surface area contributed by atoms with Crippen molar-refractivity contribution in [2.45, 2.75) is 12.8 Å². The fraction of sp³-hybridized carbons (Fsp3) is 0.167. The van der Waals surface area contributed by atoms with Crippen LogP contribution >= 0.6 is 0 Å². The van der Waals surface area contributed by atoms with Gasteiger partial charge in [0, 0.05) is 17.6 Å². The van der Waals surface area contributed by atoms with Crippen molar-refractivity contribution in [1.29, 1.82) is 0 Å². The van der Waals surface area contributed by atoms with E-state index in [1.54, 1.807) is 37.4 Å². The van der Waals surface area contributed by atoms with Crippen LogP contribution in [0.4, 0.5) is 0 Å². The molecule has 3 aromatic rings. The molecule has 1 aromatic heterocycles. The van der Waals surface area contributed by atoms with E-state index in [0.29, 0.717) is 34.8 Å². The molecule has 2 aromatic carbocycles. The lowest BCUT2D eigenvalue weighted by Crippen LogP contribution is -2.15. The first-order valence-electron chi connectivity index (χ1n) is 9.42. The fourth-order valence-corrected chi connectivity index (χ4v) is 3.29. The number of nitrogens with zero attached hydrogens (tertiary/aromatic N) is 1. The average molecular weight is 401 g/mol. The highest BCUT2D eigenvalue weighted by atomic mass is 16.5. The predicted octanol–water partition coefficient (Wildman–Crippen LogP) is 4.42. The van der Waals surface area contributed by atoms with Gasteiger partial charge in [0.1, 0.15) is 17.4 Å². The lowest BCUT2D eigenvalue weighted by Gasteiger charge is -2.15. The van der Waals surface area contributed by atoms with E-state index >= 15 is 0 Å². The highest BCUT2D eigenvalue weighted by Crippen LogP contribution is 2.37. The number of pyridine rings is 1. The number of esters is 1. The van der Waals surface area contributed by atoms with Gasteiger partial charge in [-0.15, -0.1) is 0 Å². The maximum atomic E-state index is 12.3. The van der Waals surface area contributed by atoms with Gasteiger partial charge in [-0.05, 0) is 54.5 Å². The smallest absolute Gasteiger partial charge is 0.325 e. The van der Waals surface area contributed by atoms with Crippen molar-refractivity contribution in [1.82, 2.24) is 4.98 Å². The lowest BCUT2D eigenvalue weighted by molar-refractivity contribution is -0.143. The largest absolute Gasteiger partial charge is 0.504 e. The minimum absolute atomic E-state index is 0.00910. The second kappa shape index (κ2) is 8.18. The number of rotatable bonds is 5. The Morgan fingerprint density at radius 2 is 2.07 bits per heavy atom. The molecule has 6 heteroatoms. The third-order valence-corrected chi connectivity index (χ3v) is 4.70. The van der Waals surface area contributed by atoms with Gasteiger partial charge in [0.15, 0.2) is 11.5 Å². The van der Waals surface area contributed by atoms with E-state index in [2.05, 4.69) is 16.8 Å². The van der Waals surface area contributed by atoms with E-state index in [1.807, 2.05) is 18.2 Å². The van der Waals surface area contributed by atoms with Crippen LogP contribution in [0.15, 0.2) is 48.7 Å². The molecule has 4 rings (SSSR count). The summed E-state index contributed by atoms with van der Waals surface area (Å²) in [5.74, 6) is 6.30. The second-order valence-corrected chi connectivity index (χ2v) is 6.55. The number of benzene rings is 2. The number of allylic oxidation sites excluding steroid dienone is 1. The minimum atomic E-state index is -0.641.